The van der Waals surface area contributed by atoms with E-state index in [0.29, 0.717) is 11.4 Å². The molecule has 0 saturated heterocycles. The van der Waals surface area contributed by atoms with Crippen molar-refractivity contribution >= 4 is 22.7 Å². The van der Waals surface area contributed by atoms with Gasteiger partial charge in [0.15, 0.2) is 0 Å². The highest BCUT2D eigenvalue weighted by Gasteiger charge is 2.03. The molecule has 2 N–H and O–H groups in total. The Morgan fingerprint density at radius 1 is 0.412 bits per heavy atom. The van der Waals surface area contributed by atoms with Gasteiger partial charge in [-0.1, -0.05) is 82.7 Å². The van der Waals surface area contributed by atoms with E-state index in [4.69, 9.17) is 0 Å². The fourth-order valence-corrected chi connectivity index (χ4v) is 3.25. The van der Waals surface area contributed by atoms with Gasteiger partial charge in [-0.15, -0.1) is 10.2 Å². The zero-order chi connectivity index (χ0) is 23.0. The van der Waals surface area contributed by atoms with E-state index in [9.17, 15) is 0 Å². The van der Waals surface area contributed by atoms with Crippen molar-refractivity contribution in [2.24, 2.45) is 20.7 Å². The lowest BCUT2D eigenvalue weighted by Gasteiger charge is -2.04. The number of nitrogens with zero attached hydrogens (tertiary/aromatic N) is 4. The van der Waals surface area contributed by atoms with E-state index in [1.807, 2.05) is 97.1 Å². The number of fused-ring (bicyclic) bond motifs is 4. The average Bonchev–Trinajstić information content (AvgIpc) is 2.88. The van der Waals surface area contributed by atoms with E-state index in [1.165, 1.54) is 0 Å². The second kappa shape index (κ2) is 9.95. The summed E-state index contributed by atoms with van der Waals surface area (Å²) in [5, 5.41) is 17.1. The van der Waals surface area contributed by atoms with Crippen molar-refractivity contribution in [3.05, 3.63) is 119 Å². The summed E-state index contributed by atoms with van der Waals surface area (Å²) in [4.78, 5) is 0. The highest BCUT2D eigenvalue weighted by atomic mass is 15.4. The lowest BCUT2D eigenvalue weighted by atomic mass is 10.1. The van der Waals surface area contributed by atoms with Crippen molar-refractivity contribution in [3.63, 3.8) is 0 Å². The Balaban J connectivity index is 1.62. The van der Waals surface area contributed by atoms with Gasteiger partial charge in [0, 0.05) is 11.1 Å². The quantitative estimate of drug-likeness (QED) is 0.290. The van der Waals surface area contributed by atoms with Crippen LogP contribution in [0.25, 0.3) is 0 Å². The van der Waals surface area contributed by atoms with Crippen LogP contribution in [0.15, 0.2) is 118 Å². The van der Waals surface area contributed by atoms with E-state index in [-0.39, 0.29) is 0 Å². The largest absolute Gasteiger partial charge is 0.259 e. The predicted octanol–water partition coefficient (Wildman–Crippen LogP) is 7.02. The lowest BCUT2D eigenvalue weighted by Crippen LogP contribution is -1.92. The first-order valence-electron chi connectivity index (χ1n) is 10.6. The van der Waals surface area contributed by atoms with Crippen molar-refractivity contribution in [1.29, 1.82) is 0 Å². The molecule has 0 atom stereocenters. The molecule has 1 aliphatic heterocycles. The molecule has 34 heavy (non-hydrogen) atoms. The second-order valence-electron chi connectivity index (χ2n) is 7.25. The maximum absolute atomic E-state index is 4.36. The van der Waals surface area contributed by atoms with Crippen LogP contribution < -0.4 is 10.9 Å². The molecular weight excluding hydrogens is 420 g/mol. The minimum absolute atomic E-state index is 0.659. The van der Waals surface area contributed by atoms with Crippen LogP contribution in [0.3, 0.4) is 0 Å². The Hall–Kier alpha value is -5.20. The Morgan fingerprint density at radius 2 is 0.765 bits per heavy atom. The Kier molecular flexibility index (Phi) is 6.05. The van der Waals surface area contributed by atoms with Crippen molar-refractivity contribution < 1.29 is 0 Å². The topological polar surface area (TPSA) is 73.5 Å². The number of nitrogens with one attached hydrogen (secondary N) is 2. The first-order chi connectivity index (χ1) is 16.9. The highest BCUT2D eigenvalue weighted by Crippen LogP contribution is 2.23. The van der Waals surface area contributed by atoms with E-state index in [1.54, 1.807) is 0 Å². The normalized spacial score (nSPS) is 11.8. The maximum atomic E-state index is 4.36. The summed E-state index contributed by atoms with van der Waals surface area (Å²) in [5.41, 5.74) is 11.9. The molecule has 4 aromatic carbocycles. The number of rotatable bonds is 0. The van der Waals surface area contributed by atoms with Gasteiger partial charge in [-0.05, 0) is 48.5 Å². The van der Waals surface area contributed by atoms with Gasteiger partial charge in [0.2, 0.25) is 0 Å². The fourth-order valence-electron chi connectivity index (χ4n) is 3.25. The van der Waals surface area contributed by atoms with Crippen LogP contribution in [0.4, 0.5) is 22.7 Å². The standard InChI is InChI=1S/C28H18N6/c1-5-13-25-21(9-1)17-18-22-10-2-6-14-26(22)31-34-32-28-16-8-4-12-24(28)20-19-23-11-3-7-15-27(23)30-33-29-25/h1-16H,(H,29,30)(H,31,32). The number of hydrogen-bond acceptors (Lipinski definition) is 6. The number of anilines is 2. The highest BCUT2D eigenvalue weighted by molar-refractivity contribution is 5.64. The molecule has 0 bridgehead atoms. The summed E-state index contributed by atoms with van der Waals surface area (Å²) >= 11 is 0. The molecule has 6 heteroatoms. The third-order valence-electron chi connectivity index (χ3n) is 4.98. The van der Waals surface area contributed by atoms with Crippen molar-refractivity contribution in [3.8, 4) is 23.7 Å². The molecule has 0 aromatic heterocycles. The molecule has 0 aliphatic carbocycles. The molecule has 5 rings (SSSR count). The number of hydrogen-bond donors (Lipinski definition) is 2. The SMILES string of the molecule is C1#Cc2ccccc2NN=Nc2ccccc2C#Cc2ccccc2NN=Nc2ccccc21. The van der Waals surface area contributed by atoms with Gasteiger partial charge < -0.3 is 0 Å². The summed E-state index contributed by atoms with van der Waals surface area (Å²) in [6, 6.07) is 30.5. The monoisotopic (exact) mass is 438 g/mol. The molecular formula is C28H18N6. The van der Waals surface area contributed by atoms with Gasteiger partial charge >= 0.3 is 0 Å². The van der Waals surface area contributed by atoms with E-state index in [0.717, 1.165) is 33.6 Å². The van der Waals surface area contributed by atoms with Crippen LogP contribution in [0.2, 0.25) is 0 Å². The molecule has 0 radical (unpaired) electrons. The molecule has 0 fully saturated rings. The van der Waals surface area contributed by atoms with E-state index in [2.05, 4.69) is 55.2 Å². The summed E-state index contributed by atoms with van der Waals surface area (Å²) < 4.78 is 0. The minimum atomic E-state index is 0.659. The van der Waals surface area contributed by atoms with Gasteiger partial charge in [0.25, 0.3) is 0 Å². The molecule has 0 saturated carbocycles. The third kappa shape index (κ3) is 4.83. The van der Waals surface area contributed by atoms with E-state index >= 15 is 0 Å². The molecule has 1 aliphatic rings. The van der Waals surface area contributed by atoms with Crippen LogP contribution in [-0.2, 0) is 0 Å². The van der Waals surface area contributed by atoms with Gasteiger partial charge in [0.05, 0.1) is 22.5 Å². The van der Waals surface area contributed by atoms with Crippen molar-refractivity contribution in [2.45, 2.75) is 0 Å². The number of para-hydroxylation sites is 2. The summed E-state index contributed by atoms with van der Waals surface area (Å²) in [6.45, 7) is 0. The van der Waals surface area contributed by atoms with Gasteiger partial charge in [0.1, 0.15) is 11.4 Å². The maximum Gasteiger partial charge on any atom is 0.103 e. The summed E-state index contributed by atoms with van der Waals surface area (Å²) in [6.07, 6.45) is 0. The zero-order valence-electron chi connectivity index (χ0n) is 18.0. The van der Waals surface area contributed by atoms with Crippen LogP contribution in [-0.4, -0.2) is 0 Å². The van der Waals surface area contributed by atoms with Gasteiger partial charge in [-0.25, -0.2) is 0 Å². The molecule has 0 unspecified atom stereocenters. The second-order valence-corrected chi connectivity index (χ2v) is 7.25. The molecule has 6 nitrogen and oxygen atoms in total. The first kappa shape index (κ1) is 20.7. The first-order valence-corrected chi connectivity index (χ1v) is 10.6. The molecule has 4 aromatic rings. The predicted molar refractivity (Wildman–Crippen MR) is 134 cm³/mol. The Labute approximate surface area is 197 Å². The number of benzene rings is 4. The minimum Gasteiger partial charge on any atom is -0.259 e. The van der Waals surface area contributed by atoms with Gasteiger partial charge in [-0.3, -0.25) is 10.9 Å². The average molecular weight is 438 g/mol. The summed E-state index contributed by atoms with van der Waals surface area (Å²) in [7, 11) is 0. The van der Waals surface area contributed by atoms with E-state index < -0.39 is 0 Å². The molecule has 0 amide bonds. The van der Waals surface area contributed by atoms with Crippen LogP contribution in [0.5, 0.6) is 0 Å². The van der Waals surface area contributed by atoms with Crippen LogP contribution in [0.1, 0.15) is 22.3 Å². The van der Waals surface area contributed by atoms with Crippen LogP contribution in [0, 0.1) is 23.7 Å². The Bertz CT molecular complexity index is 1410. The fraction of sp³-hybridized carbons (Fsp3) is 0. The molecule has 160 valence electrons. The smallest absolute Gasteiger partial charge is 0.103 e. The Morgan fingerprint density at radius 3 is 1.24 bits per heavy atom. The summed E-state index contributed by atoms with van der Waals surface area (Å²) in [5.74, 6) is 12.8. The van der Waals surface area contributed by atoms with Crippen molar-refractivity contribution in [2.75, 3.05) is 10.9 Å². The lowest BCUT2D eigenvalue weighted by molar-refractivity contribution is 1.12. The van der Waals surface area contributed by atoms with Crippen LogP contribution >= 0.6 is 0 Å². The molecule has 0 spiro atoms. The third-order valence-corrected chi connectivity index (χ3v) is 4.98. The molecule has 1 heterocycles. The zero-order valence-corrected chi connectivity index (χ0v) is 18.0. The van der Waals surface area contributed by atoms with Gasteiger partial charge in [-0.2, -0.15) is 0 Å². The van der Waals surface area contributed by atoms with Crippen molar-refractivity contribution in [1.82, 2.24) is 0 Å².